The van der Waals surface area contributed by atoms with Crippen molar-refractivity contribution in [1.29, 1.82) is 0 Å². The highest BCUT2D eigenvalue weighted by Gasteiger charge is 2.52. The van der Waals surface area contributed by atoms with E-state index in [2.05, 4.69) is 11.6 Å². The SMILES string of the molecule is C=Cc1ccc(B2OC(C)(C)C(C)(C)O2)c(N)n1. The molecule has 5 heteroatoms. The average Bonchev–Trinajstić information content (AvgIpc) is 2.47. The van der Waals surface area contributed by atoms with Crippen LogP contribution in [0.15, 0.2) is 18.7 Å². The Balaban J connectivity index is 2.32. The normalized spacial score (nSPS) is 21.0. The molecule has 96 valence electrons. The molecule has 1 aromatic heterocycles. The van der Waals surface area contributed by atoms with Crippen LogP contribution in [0.25, 0.3) is 6.08 Å². The molecule has 1 aliphatic heterocycles. The minimum absolute atomic E-state index is 0.374. The summed E-state index contributed by atoms with van der Waals surface area (Å²) in [5.74, 6) is 0.422. The Labute approximate surface area is 108 Å². The van der Waals surface area contributed by atoms with Crippen molar-refractivity contribution < 1.29 is 9.31 Å². The standard InChI is InChI=1S/C13H19BN2O2/c1-6-9-7-8-10(11(15)16-9)14-17-12(2,3)13(4,5)18-14/h6-8H,1H2,2-5H3,(H2,15,16). The third-order valence-corrected chi connectivity index (χ3v) is 3.70. The van der Waals surface area contributed by atoms with Crippen LogP contribution >= 0.6 is 0 Å². The third kappa shape index (κ3) is 2.04. The summed E-state index contributed by atoms with van der Waals surface area (Å²) in [5, 5.41) is 0. The van der Waals surface area contributed by atoms with Gasteiger partial charge in [-0.15, -0.1) is 0 Å². The number of nitrogens with two attached hydrogens (primary N) is 1. The van der Waals surface area contributed by atoms with Crippen LogP contribution in [0.5, 0.6) is 0 Å². The largest absolute Gasteiger partial charge is 0.498 e. The molecule has 0 amide bonds. The van der Waals surface area contributed by atoms with Crippen LogP contribution < -0.4 is 11.2 Å². The summed E-state index contributed by atoms with van der Waals surface area (Å²) in [5.41, 5.74) is 6.69. The monoisotopic (exact) mass is 246 g/mol. The van der Waals surface area contributed by atoms with E-state index in [1.165, 1.54) is 0 Å². The second kappa shape index (κ2) is 4.11. The zero-order chi connectivity index (χ0) is 13.6. The van der Waals surface area contributed by atoms with Crippen molar-refractivity contribution in [2.24, 2.45) is 0 Å². The molecule has 2 rings (SSSR count). The van der Waals surface area contributed by atoms with E-state index in [9.17, 15) is 0 Å². The van der Waals surface area contributed by atoms with Gasteiger partial charge in [0.1, 0.15) is 5.82 Å². The number of aromatic nitrogens is 1. The first kappa shape index (κ1) is 13.1. The van der Waals surface area contributed by atoms with E-state index in [-0.39, 0.29) is 11.2 Å². The van der Waals surface area contributed by atoms with Crippen LogP contribution in [0.1, 0.15) is 33.4 Å². The predicted octanol–water partition coefficient (Wildman–Crippen LogP) is 1.61. The maximum absolute atomic E-state index is 5.94. The highest BCUT2D eigenvalue weighted by molar-refractivity contribution is 6.63. The summed E-state index contributed by atoms with van der Waals surface area (Å²) in [4.78, 5) is 4.23. The molecule has 1 aliphatic rings. The summed E-state index contributed by atoms with van der Waals surface area (Å²) in [6.45, 7) is 11.7. The highest BCUT2D eigenvalue weighted by atomic mass is 16.7. The van der Waals surface area contributed by atoms with E-state index in [0.717, 1.165) is 11.2 Å². The molecule has 2 N–H and O–H groups in total. The molecule has 0 bridgehead atoms. The van der Waals surface area contributed by atoms with Crippen LogP contribution in [0.4, 0.5) is 5.82 Å². The maximum atomic E-state index is 5.94. The number of pyridine rings is 1. The van der Waals surface area contributed by atoms with Gasteiger partial charge in [-0.05, 0) is 39.8 Å². The van der Waals surface area contributed by atoms with Gasteiger partial charge in [0.2, 0.25) is 0 Å². The second-order valence-electron chi connectivity index (χ2n) is 5.50. The van der Waals surface area contributed by atoms with E-state index in [0.29, 0.717) is 5.82 Å². The fourth-order valence-corrected chi connectivity index (χ4v) is 1.78. The molecule has 1 aromatic rings. The van der Waals surface area contributed by atoms with Gasteiger partial charge in [0.25, 0.3) is 0 Å². The Morgan fingerprint density at radius 1 is 1.22 bits per heavy atom. The van der Waals surface area contributed by atoms with Gasteiger partial charge >= 0.3 is 7.12 Å². The number of hydrogen-bond acceptors (Lipinski definition) is 4. The number of hydrogen-bond donors (Lipinski definition) is 1. The maximum Gasteiger partial charge on any atom is 0.498 e. The van der Waals surface area contributed by atoms with Crippen molar-refractivity contribution >= 4 is 24.5 Å². The lowest BCUT2D eigenvalue weighted by Gasteiger charge is -2.32. The first-order valence-electron chi connectivity index (χ1n) is 6.01. The summed E-state index contributed by atoms with van der Waals surface area (Å²) in [6, 6.07) is 3.73. The Hall–Kier alpha value is -1.33. The van der Waals surface area contributed by atoms with Crippen molar-refractivity contribution in [3.8, 4) is 0 Å². The van der Waals surface area contributed by atoms with E-state index < -0.39 is 7.12 Å². The smallest absolute Gasteiger partial charge is 0.399 e. The van der Waals surface area contributed by atoms with Gasteiger partial charge < -0.3 is 15.0 Å². The molecule has 0 atom stereocenters. The minimum atomic E-state index is -0.471. The molecular formula is C13H19BN2O2. The first-order valence-corrected chi connectivity index (χ1v) is 6.01. The fraction of sp³-hybridized carbons (Fsp3) is 0.462. The lowest BCUT2D eigenvalue weighted by Crippen LogP contribution is -2.41. The van der Waals surface area contributed by atoms with Gasteiger partial charge in [-0.1, -0.05) is 12.6 Å². The molecule has 1 saturated heterocycles. The summed E-state index contributed by atoms with van der Waals surface area (Å²) >= 11 is 0. The van der Waals surface area contributed by atoms with Crippen LogP contribution in [0.2, 0.25) is 0 Å². The van der Waals surface area contributed by atoms with Crippen LogP contribution in [0.3, 0.4) is 0 Å². The van der Waals surface area contributed by atoms with E-state index in [4.69, 9.17) is 15.0 Å². The Kier molecular flexibility index (Phi) is 2.99. The third-order valence-electron chi connectivity index (χ3n) is 3.70. The van der Waals surface area contributed by atoms with Gasteiger partial charge in [-0.25, -0.2) is 4.98 Å². The van der Waals surface area contributed by atoms with E-state index in [1.54, 1.807) is 6.08 Å². The Morgan fingerprint density at radius 2 is 1.78 bits per heavy atom. The molecule has 0 spiro atoms. The summed E-state index contributed by atoms with van der Waals surface area (Å²) in [6.07, 6.45) is 1.66. The first-order chi connectivity index (χ1) is 8.27. The van der Waals surface area contributed by atoms with E-state index in [1.807, 2.05) is 39.8 Å². The zero-order valence-corrected chi connectivity index (χ0v) is 11.4. The van der Waals surface area contributed by atoms with Gasteiger partial charge in [0.15, 0.2) is 0 Å². The molecule has 18 heavy (non-hydrogen) atoms. The van der Waals surface area contributed by atoms with Gasteiger partial charge in [-0.3, -0.25) is 0 Å². The highest BCUT2D eigenvalue weighted by Crippen LogP contribution is 2.36. The van der Waals surface area contributed by atoms with Crippen LogP contribution in [-0.4, -0.2) is 23.3 Å². The number of nitrogen functional groups attached to an aromatic ring is 1. The lowest BCUT2D eigenvalue weighted by molar-refractivity contribution is 0.00578. The van der Waals surface area contributed by atoms with E-state index >= 15 is 0 Å². The molecule has 2 heterocycles. The Morgan fingerprint density at radius 3 is 2.22 bits per heavy atom. The molecule has 0 radical (unpaired) electrons. The summed E-state index contributed by atoms with van der Waals surface area (Å²) < 4.78 is 11.9. The molecule has 4 nitrogen and oxygen atoms in total. The number of nitrogens with zero attached hydrogens (tertiary/aromatic N) is 1. The quantitative estimate of drug-likeness (QED) is 0.805. The van der Waals surface area contributed by atoms with Crippen molar-refractivity contribution in [3.05, 3.63) is 24.4 Å². The lowest BCUT2D eigenvalue weighted by atomic mass is 9.79. The number of rotatable bonds is 2. The predicted molar refractivity (Wildman–Crippen MR) is 74.5 cm³/mol. The van der Waals surface area contributed by atoms with Crippen LogP contribution in [0, 0.1) is 0 Å². The molecule has 0 saturated carbocycles. The average molecular weight is 246 g/mol. The zero-order valence-electron chi connectivity index (χ0n) is 11.4. The van der Waals surface area contributed by atoms with Gasteiger partial charge in [0.05, 0.1) is 16.9 Å². The fourth-order valence-electron chi connectivity index (χ4n) is 1.78. The van der Waals surface area contributed by atoms with Gasteiger partial charge in [-0.2, -0.15) is 0 Å². The van der Waals surface area contributed by atoms with Crippen LogP contribution in [-0.2, 0) is 9.31 Å². The van der Waals surface area contributed by atoms with Crippen molar-refractivity contribution in [2.45, 2.75) is 38.9 Å². The molecular weight excluding hydrogens is 227 g/mol. The molecule has 1 fully saturated rings. The number of anilines is 1. The topological polar surface area (TPSA) is 57.4 Å². The molecule has 0 aliphatic carbocycles. The minimum Gasteiger partial charge on any atom is -0.399 e. The summed E-state index contributed by atoms with van der Waals surface area (Å²) in [7, 11) is -0.471. The Bertz CT molecular complexity index is 470. The van der Waals surface area contributed by atoms with Crippen molar-refractivity contribution in [3.63, 3.8) is 0 Å². The van der Waals surface area contributed by atoms with Gasteiger partial charge in [0, 0.05) is 5.46 Å². The van der Waals surface area contributed by atoms with Crippen molar-refractivity contribution in [2.75, 3.05) is 5.73 Å². The van der Waals surface area contributed by atoms with Crippen molar-refractivity contribution in [1.82, 2.24) is 4.98 Å². The second-order valence-corrected chi connectivity index (χ2v) is 5.50. The molecule has 0 aromatic carbocycles. The molecule has 0 unspecified atom stereocenters.